The summed E-state index contributed by atoms with van der Waals surface area (Å²) < 4.78 is 26.5. The third kappa shape index (κ3) is 5.79. The molecule has 0 radical (unpaired) electrons. The number of para-hydroxylation sites is 1. The zero-order valence-electron chi connectivity index (χ0n) is 15.9. The van der Waals surface area contributed by atoms with E-state index in [2.05, 4.69) is 15.6 Å². The molecule has 0 unspecified atom stereocenters. The summed E-state index contributed by atoms with van der Waals surface area (Å²) in [6.07, 6.45) is 3.33. The summed E-state index contributed by atoms with van der Waals surface area (Å²) in [6.45, 7) is 0.385. The molecule has 8 heteroatoms. The van der Waals surface area contributed by atoms with Crippen LogP contribution in [0, 0.1) is 0 Å². The van der Waals surface area contributed by atoms with Gasteiger partial charge in [0.05, 0.1) is 11.4 Å². The van der Waals surface area contributed by atoms with Gasteiger partial charge in [0.15, 0.2) is 0 Å². The summed E-state index contributed by atoms with van der Waals surface area (Å²) in [5.41, 5.74) is 2.76. The number of urea groups is 1. The van der Waals surface area contributed by atoms with E-state index in [1.807, 2.05) is 18.2 Å². The van der Waals surface area contributed by atoms with Crippen LogP contribution in [0.2, 0.25) is 0 Å². The minimum atomic E-state index is -3.51. The molecule has 0 saturated carbocycles. The van der Waals surface area contributed by atoms with Crippen molar-refractivity contribution in [2.75, 3.05) is 16.7 Å². The number of rotatable bonds is 7. The number of benzene rings is 2. The summed E-state index contributed by atoms with van der Waals surface area (Å²) in [4.78, 5) is 15.9. The van der Waals surface area contributed by atoms with Gasteiger partial charge in [-0.05, 0) is 47.5 Å². The van der Waals surface area contributed by atoms with Gasteiger partial charge >= 0.3 is 6.03 Å². The Morgan fingerprint density at radius 2 is 1.59 bits per heavy atom. The van der Waals surface area contributed by atoms with Gasteiger partial charge in [-0.25, -0.2) is 13.2 Å². The highest BCUT2D eigenvalue weighted by atomic mass is 32.2. The maximum atomic E-state index is 12.6. The largest absolute Gasteiger partial charge is 0.334 e. The predicted octanol–water partition coefficient (Wildman–Crippen LogP) is 3.37. The molecule has 0 aliphatic heterocycles. The molecule has 0 saturated heterocycles. The first-order chi connectivity index (χ1) is 13.9. The molecule has 1 aromatic heterocycles. The van der Waals surface area contributed by atoms with Gasteiger partial charge in [0.1, 0.15) is 0 Å². The van der Waals surface area contributed by atoms with Crippen molar-refractivity contribution in [3.8, 4) is 0 Å². The van der Waals surface area contributed by atoms with Crippen LogP contribution in [0.5, 0.6) is 0 Å². The second-order valence-corrected chi connectivity index (χ2v) is 8.42. The van der Waals surface area contributed by atoms with E-state index in [9.17, 15) is 13.2 Å². The van der Waals surface area contributed by atoms with Crippen molar-refractivity contribution in [2.24, 2.45) is 0 Å². The summed E-state index contributed by atoms with van der Waals surface area (Å²) in [7, 11) is -1.98. The van der Waals surface area contributed by atoms with Gasteiger partial charge in [0.2, 0.25) is 10.0 Å². The monoisotopic (exact) mass is 410 g/mol. The van der Waals surface area contributed by atoms with Crippen LogP contribution >= 0.6 is 0 Å². The third-order valence-electron chi connectivity index (χ3n) is 4.30. The van der Waals surface area contributed by atoms with Crippen LogP contribution in [0.1, 0.15) is 11.1 Å². The number of carbonyl (C=O) groups is 1. The van der Waals surface area contributed by atoms with E-state index in [1.54, 1.807) is 60.9 Å². The number of hydrogen-bond donors (Lipinski definition) is 2. The second kappa shape index (κ2) is 9.20. The molecule has 29 heavy (non-hydrogen) atoms. The van der Waals surface area contributed by atoms with Crippen LogP contribution in [-0.4, -0.2) is 26.5 Å². The lowest BCUT2D eigenvalue weighted by Gasteiger charge is -2.19. The molecule has 0 bridgehead atoms. The molecule has 150 valence electrons. The normalized spacial score (nSPS) is 10.9. The molecule has 0 aliphatic carbocycles. The van der Waals surface area contributed by atoms with Crippen LogP contribution in [0.15, 0.2) is 79.1 Å². The lowest BCUT2D eigenvalue weighted by molar-refractivity contribution is 0.251. The first-order valence-electron chi connectivity index (χ1n) is 8.98. The van der Waals surface area contributed by atoms with Crippen LogP contribution < -0.4 is 14.9 Å². The highest BCUT2D eigenvalue weighted by Gasteiger charge is 2.19. The lowest BCUT2D eigenvalue weighted by atomic mass is 10.2. The zero-order valence-corrected chi connectivity index (χ0v) is 16.8. The molecule has 1 heterocycles. The van der Waals surface area contributed by atoms with E-state index in [4.69, 9.17) is 0 Å². The van der Waals surface area contributed by atoms with Crippen LogP contribution in [-0.2, 0) is 22.3 Å². The Morgan fingerprint density at radius 3 is 2.24 bits per heavy atom. The van der Waals surface area contributed by atoms with Gasteiger partial charge in [0.25, 0.3) is 0 Å². The maximum absolute atomic E-state index is 12.6. The zero-order chi connectivity index (χ0) is 20.7. The Balaban J connectivity index is 1.56. The van der Waals surface area contributed by atoms with Gasteiger partial charge < -0.3 is 10.6 Å². The van der Waals surface area contributed by atoms with E-state index in [1.165, 1.54) is 11.4 Å². The van der Waals surface area contributed by atoms with E-state index >= 15 is 0 Å². The Labute approximate surface area is 170 Å². The van der Waals surface area contributed by atoms with Gasteiger partial charge in [-0.15, -0.1) is 0 Å². The summed E-state index contributed by atoms with van der Waals surface area (Å²) in [6, 6.07) is 19.0. The molecule has 2 N–H and O–H groups in total. The fourth-order valence-corrected chi connectivity index (χ4v) is 3.90. The predicted molar refractivity (Wildman–Crippen MR) is 114 cm³/mol. The van der Waals surface area contributed by atoms with Gasteiger partial charge in [-0.2, -0.15) is 0 Å². The number of nitrogens with zero attached hydrogens (tertiary/aromatic N) is 2. The van der Waals surface area contributed by atoms with Crippen LogP contribution in [0.25, 0.3) is 0 Å². The van der Waals surface area contributed by atoms with Crippen molar-refractivity contribution in [2.45, 2.75) is 12.3 Å². The van der Waals surface area contributed by atoms with Crippen molar-refractivity contribution >= 4 is 27.4 Å². The molecule has 0 atom stereocenters. The Hall–Kier alpha value is -3.39. The smallest absolute Gasteiger partial charge is 0.319 e. The molecular weight excluding hydrogens is 388 g/mol. The number of aromatic nitrogens is 1. The quantitative estimate of drug-likeness (QED) is 0.625. The fraction of sp³-hybridized carbons (Fsp3) is 0.143. The van der Waals surface area contributed by atoms with Gasteiger partial charge in [0, 0.05) is 31.7 Å². The van der Waals surface area contributed by atoms with Crippen molar-refractivity contribution < 1.29 is 13.2 Å². The fourth-order valence-electron chi connectivity index (χ4n) is 2.65. The number of anilines is 2. The second-order valence-electron chi connectivity index (χ2n) is 6.42. The van der Waals surface area contributed by atoms with Crippen LogP contribution in [0.4, 0.5) is 16.2 Å². The third-order valence-corrected chi connectivity index (χ3v) is 6.04. The van der Waals surface area contributed by atoms with E-state index in [0.717, 1.165) is 5.56 Å². The average molecular weight is 410 g/mol. The summed E-state index contributed by atoms with van der Waals surface area (Å²) >= 11 is 0. The molecule has 2 amide bonds. The van der Waals surface area contributed by atoms with E-state index < -0.39 is 10.0 Å². The molecule has 0 spiro atoms. The minimum absolute atomic E-state index is 0.132. The summed E-state index contributed by atoms with van der Waals surface area (Å²) in [5, 5.41) is 5.48. The van der Waals surface area contributed by atoms with Crippen molar-refractivity contribution in [1.82, 2.24) is 10.3 Å². The maximum Gasteiger partial charge on any atom is 0.319 e. The molecular formula is C21H22N4O3S. The Kier molecular flexibility index (Phi) is 6.46. The Morgan fingerprint density at radius 1 is 0.931 bits per heavy atom. The van der Waals surface area contributed by atoms with Crippen molar-refractivity contribution in [1.29, 1.82) is 0 Å². The molecule has 3 aromatic rings. The Bertz CT molecular complexity index is 1040. The SMILES string of the molecule is CN(c1ccccc1)S(=O)(=O)Cc1ccc(NC(=O)NCc2ccncc2)cc1. The van der Waals surface area contributed by atoms with Crippen molar-refractivity contribution in [3.63, 3.8) is 0 Å². The first kappa shape index (κ1) is 20.3. The van der Waals surface area contributed by atoms with E-state index in [-0.39, 0.29) is 11.8 Å². The van der Waals surface area contributed by atoms with Gasteiger partial charge in [-0.3, -0.25) is 9.29 Å². The minimum Gasteiger partial charge on any atom is -0.334 e. The molecule has 2 aromatic carbocycles. The highest BCUT2D eigenvalue weighted by Crippen LogP contribution is 2.19. The number of carbonyl (C=O) groups excluding carboxylic acids is 1. The number of sulfonamides is 1. The molecule has 0 fully saturated rings. The lowest BCUT2D eigenvalue weighted by Crippen LogP contribution is -2.28. The molecule has 3 rings (SSSR count). The average Bonchev–Trinajstić information content (AvgIpc) is 2.74. The number of hydrogen-bond acceptors (Lipinski definition) is 4. The standard InChI is InChI=1S/C21H22N4O3S/c1-25(20-5-3-2-4-6-20)29(27,28)16-18-7-9-19(10-8-18)24-21(26)23-15-17-11-13-22-14-12-17/h2-14H,15-16H2,1H3,(H2,23,24,26). The van der Waals surface area contributed by atoms with Gasteiger partial charge in [-0.1, -0.05) is 30.3 Å². The first-order valence-corrected chi connectivity index (χ1v) is 10.6. The van der Waals surface area contributed by atoms with Crippen molar-refractivity contribution in [3.05, 3.63) is 90.3 Å². The molecule has 0 aliphatic rings. The highest BCUT2D eigenvalue weighted by molar-refractivity contribution is 7.92. The number of nitrogens with one attached hydrogen (secondary N) is 2. The number of amides is 2. The van der Waals surface area contributed by atoms with Crippen LogP contribution in [0.3, 0.4) is 0 Å². The summed E-state index contributed by atoms with van der Waals surface area (Å²) in [5.74, 6) is -0.132. The topological polar surface area (TPSA) is 91.4 Å². The number of pyridine rings is 1. The van der Waals surface area contributed by atoms with E-state index in [0.29, 0.717) is 23.5 Å². The molecule has 7 nitrogen and oxygen atoms in total.